The molecule has 0 saturated heterocycles. The lowest BCUT2D eigenvalue weighted by atomic mass is 10.1. The van der Waals surface area contributed by atoms with Gasteiger partial charge in [-0.05, 0) is 26.2 Å². The van der Waals surface area contributed by atoms with Gasteiger partial charge in [-0.3, -0.25) is 9.59 Å². The van der Waals surface area contributed by atoms with Crippen LogP contribution in [0.5, 0.6) is 0 Å². The number of hydrogen-bond acceptors (Lipinski definition) is 4. The standard InChI is InChI=1S/C14H24Cl2O4/c1-3-4-5-7-11(2)20-14(18)9-6-8-13(17)19-10-12(15)16/h11-12H,3-10H2,1-2H3. The third kappa shape index (κ3) is 12.5. The van der Waals surface area contributed by atoms with Crippen LogP contribution in [0.4, 0.5) is 0 Å². The van der Waals surface area contributed by atoms with Crippen LogP contribution in [0.3, 0.4) is 0 Å². The zero-order valence-electron chi connectivity index (χ0n) is 12.2. The molecule has 0 aromatic heterocycles. The zero-order valence-corrected chi connectivity index (χ0v) is 13.7. The molecule has 20 heavy (non-hydrogen) atoms. The van der Waals surface area contributed by atoms with Gasteiger partial charge in [0.05, 0.1) is 6.10 Å². The van der Waals surface area contributed by atoms with Crippen LogP contribution in [0.25, 0.3) is 0 Å². The van der Waals surface area contributed by atoms with Crippen LogP contribution in [0.1, 0.15) is 58.8 Å². The molecule has 6 heteroatoms. The van der Waals surface area contributed by atoms with Gasteiger partial charge in [-0.15, -0.1) is 23.2 Å². The molecule has 0 amide bonds. The Balaban J connectivity index is 3.59. The highest BCUT2D eigenvalue weighted by atomic mass is 35.5. The van der Waals surface area contributed by atoms with Crippen LogP contribution in [0.2, 0.25) is 0 Å². The van der Waals surface area contributed by atoms with E-state index < -0.39 is 10.8 Å². The Bertz CT molecular complexity index is 282. The smallest absolute Gasteiger partial charge is 0.306 e. The molecule has 0 aromatic carbocycles. The fourth-order valence-electron chi connectivity index (χ4n) is 1.63. The molecule has 0 saturated carbocycles. The molecule has 0 heterocycles. The molecule has 118 valence electrons. The number of ether oxygens (including phenoxy) is 2. The third-order valence-corrected chi connectivity index (χ3v) is 2.93. The van der Waals surface area contributed by atoms with Gasteiger partial charge in [0.25, 0.3) is 0 Å². The maximum absolute atomic E-state index is 11.5. The van der Waals surface area contributed by atoms with Gasteiger partial charge in [0, 0.05) is 12.8 Å². The second-order valence-corrected chi connectivity index (χ2v) is 6.00. The van der Waals surface area contributed by atoms with E-state index in [1.165, 1.54) is 0 Å². The summed E-state index contributed by atoms with van der Waals surface area (Å²) in [6.45, 7) is 4.00. The average molecular weight is 327 g/mol. The van der Waals surface area contributed by atoms with E-state index in [0.29, 0.717) is 6.42 Å². The number of hydrogen-bond donors (Lipinski definition) is 0. The normalized spacial score (nSPS) is 12.2. The first-order valence-corrected chi connectivity index (χ1v) is 7.96. The van der Waals surface area contributed by atoms with Crippen LogP contribution in [0.15, 0.2) is 0 Å². The summed E-state index contributed by atoms with van der Waals surface area (Å²) in [5, 5.41) is 0. The Labute approximate surface area is 131 Å². The molecule has 0 radical (unpaired) electrons. The van der Waals surface area contributed by atoms with Crippen LogP contribution in [-0.4, -0.2) is 29.5 Å². The van der Waals surface area contributed by atoms with Gasteiger partial charge >= 0.3 is 11.9 Å². The molecule has 0 spiro atoms. The Morgan fingerprint density at radius 2 is 1.70 bits per heavy atom. The first-order valence-electron chi connectivity index (χ1n) is 7.09. The van der Waals surface area contributed by atoms with Gasteiger partial charge < -0.3 is 9.47 Å². The lowest BCUT2D eigenvalue weighted by Crippen LogP contribution is -2.15. The Kier molecular flexibility index (Phi) is 12.0. The Hall–Kier alpha value is -0.480. The second-order valence-electron chi connectivity index (χ2n) is 4.72. The lowest BCUT2D eigenvalue weighted by Gasteiger charge is -2.12. The number of carbonyl (C=O) groups is 2. The van der Waals surface area contributed by atoms with Gasteiger partial charge in [-0.1, -0.05) is 19.8 Å². The van der Waals surface area contributed by atoms with Crippen molar-refractivity contribution in [2.75, 3.05) is 6.61 Å². The fraction of sp³-hybridized carbons (Fsp3) is 0.857. The summed E-state index contributed by atoms with van der Waals surface area (Å²) < 4.78 is 10.0. The highest BCUT2D eigenvalue weighted by Gasteiger charge is 2.11. The number of alkyl halides is 2. The first-order chi connectivity index (χ1) is 9.45. The number of halogens is 2. The molecule has 0 bridgehead atoms. The number of rotatable bonds is 11. The van der Waals surface area contributed by atoms with E-state index in [1.54, 1.807) is 0 Å². The molecule has 0 aromatic rings. The van der Waals surface area contributed by atoms with E-state index in [-0.39, 0.29) is 31.5 Å². The monoisotopic (exact) mass is 326 g/mol. The number of carbonyl (C=O) groups excluding carboxylic acids is 2. The molecule has 0 fully saturated rings. The molecule has 0 aliphatic carbocycles. The van der Waals surface area contributed by atoms with Crippen LogP contribution < -0.4 is 0 Å². The minimum atomic E-state index is -0.715. The van der Waals surface area contributed by atoms with E-state index in [0.717, 1.165) is 25.7 Å². The second kappa shape index (κ2) is 12.3. The summed E-state index contributed by atoms with van der Waals surface area (Å²) in [4.78, 5) is 22.0. The average Bonchev–Trinajstić information content (AvgIpc) is 2.36. The molecule has 4 nitrogen and oxygen atoms in total. The quantitative estimate of drug-likeness (QED) is 0.327. The van der Waals surface area contributed by atoms with Crippen molar-refractivity contribution in [1.82, 2.24) is 0 Å². The fourth-order valence-corrected chi connectivity index (χ4v) is 1.76. The molecule has 1 unspecified atom stereocenters. The van der Waals surface area contributed by atoms with Crippen molar-refractivity contribution in [2.45, 2.75) is 69.7 Å². The van der Waals surface area contributed by atoms with Crippen LogP contribution in [-0.2, 0) is 19.1 Å². The van der Waals surface area contributed by atoms with Gasteiger partial charge in [0.15, 0.2) is 0 Å². The molecular formula is C14H24Cl2O4. The number of esters is 2. The summed E-state index contributed by atoms with van der Waals surface area (Å²) in [5.41, 5.74) is 0. The van der Waals surface area contributed by atoms with Crippen molar-refractivity contribution in [3.63, 3.8) is 0 Å². The highest BCUT2D eigenvalue weighted by Crippen LogP contribution is 2.09. The molecule has 0 aliphatic rings. The van der Waals surface area contributed by atoms with Crippen molar-refractivity contribution in [3.8, 4) is 0 Å². The lowest BCUT2D eigenvalue weighted by molar-refractivity contribution is -0.149. The summed E-state index contributed by atoms with van der Waals surface area (Å²) in [5.74, 6) is -0.672. The van der Waals surface area contributed by atoms with Crippen molar-refractivity contribution in [2.24, 2.45) is 0 Å². The van der Waals surface area contributed by atoms with Crippen molar-refractivity contribution >= 4 is 35.1 Å². The van der Waals surface area contributed by atoms with Crippen molar-refractivity contribution < 1.29 is 19.1 Å². The van der Waals surface area contributed by atoms with E-state index in [9.17, 15) is 9.59 Å². The van der Waals surface area contributed by atoms with Crippen molar-refractivity contribution in [3.05, 3.63) is 0 Å². The molecule has 1 atom stereocenters. The maximum atomic E-state index is 11.5. The van der Waals surface area contributed by atoms with E-state index in [2.05, 4.69) is 6.92 Å². The van der Waals surface area contributed by atoms with Gasteiger partial charge in [-0.25, -0.2) is 0 Å². The molecule has 0 aliphatic heterocycles. The predicted molar refractivity (Wildman–Crippen MR) is 80.0 cm³/mol. The van der Waals surface area contributed by atoms with Gasteiger partial charge in [-0.2, -0.15) is 0 Å². The van der Waals surface area contributed by atoms with E-state index in [4.69, 9.17) is 32.7 Å². The number of unbranched alkanes of at least 4 members (excludes halogenated alkanes) is 2. The van der Waals surface area contributed by atoms with Crippen molar-refractivity contribution in [1.29, 1.82) is 0 Å². The molecular weight excluding hydrogens is 303 g/mol. The maximum Gasteiger partial charge on any atom is 0.306 e. The molecule has 0 rings (SSSR count). The van der Waals surface area contributed by atoms with Gasteiger partial charge in [0.2, 0.25) is 0 Å². The SMILES string of the molecule is CCCCCC(C)OC(=O)CCCC(=O)OCC(Cl)Cl. The summed E-state index contributed by atoms with van der Waals surface area (Å²) in [6.07, 6.45) is 4.98. The third-order valence-electron chi connectivity index (χ3n) is 2.68. The Morgan fingerprint density at radius 1 is 1.05 bits per heavy atom. The zero-order chi connectivity index (χ0) is 15.4. The Morgan fingerprint density at radius 3 is 2.30 bits per heavy atom. The van der Waals surface area contributed by atoms with E-state index >= 15 is 0 Å². The topological polar surface area (TPSA) is 52.6 Å². The summed E-state index contributed by atoms with van der Waals surface area (Å²) >= 11 is 10.9. The first kappa shape index (κ1) is 19.5. The predicted octanol–water partition coefficient (Wildman–Crippen LogP) is 4.02. The van der Waals surface area contributed by atoms with Crippen LogP contribution in [0, 0.1) is 0 Å². The summed E-state index contributed by atoms with van der Waals surface area (Å²) in [7, 11) is 0. The highest BCUT2D eigenvalue weighted by molar-refractivity contribution is 6.44. The van der Waals surface area contributed by atoms with Gasteiger partial charge in [0.1, 0.15) is 11.4 Å². The minimum Gasteiger partial charge on any atom is -0.463 e. The van der Waals surface area contributed by atoms with E-state index in [1.807, 2.05) is 6.92 Å². The largest absolute Gasteiger partial charge is 0.463 e. The summed E-state index contributed by atoms with van der Waals surface area (Å²) in [6, 6.07) is 0. The minimum absolute atomic E-state index is 0.0269. The molecule has 0 N–H and O–H groups in total. The van der Waals surface area contributed by atoms with Crippen LogP contribution >= 0.6 is 23.2 Å².